The molecular weight excluding hydrogens is 100 g/mol. The van der Waals surface area contributed by atoms with E-state index in [1.54, 1.807) is 0 Å². The highest BCUT2D eigenvalue weighted by Crippen LogP contribution is 1.90. The van der Waals surface area contributed by atoms with E-state index in [9.17, 15) is 0 Å². The van der Waals surface area contributed by atoms with Crippen molar-refractivity contribution in [3.63, 3.8) is 0 Å². The summed E-state index contributed by atoms with van der Waals surface area (Å²) in [4.78, 5) is 0. The molecule has 0 saturated carbocycles. The van der Waals surface area contributed by atoms with Crippen molar-refractivity contribution in [2.75, 3.05) is 13.6 Å². The summed E-state index contributed by atoms with van der Waals surface area (Å²) >= 11 is 0. The molecule has 0 rings (SSSR count). The number of nitrogens with one attached hydrogen (secondary N) is 2. The average molecular weight is 114 g/mol. The second-order valence-corrected chi connectivity index (χ2v) is 1.71. The molecule has 0 amide bonds. The second kappa shape index (κ2) is 4.81. The minimum absolute atomic E-state index is 0.868. The summed E-state index contributed by atoms with van der Waals surface area (Å²) in [6, 6.07) is 0. The molecule has 0 aliphatic carbocycles. The van der Waals surface area contributed by atoms with Crippen LogP contribution in [0.3, 0.4) is 0 Å². The van der Waals surface area contributed by atoms with Gasteiger partial charge in [-0.3, -0.25) is 10.9 Å². The van der Waals surface area contributed by atoms with Crippen LogP contribution in [0.15, 0.2) is 12.2 Å². The summed E-state index contributed by atoms with van der Waals surface area (Å²) < 4.78 is 0. The first-order chi connectivity index (χ1) is 3.81. The van der Waals surface area contributed by atoms with Gasteiger partial charge in [0.15, 0.2) is 0 Å². The summed E-state index contributed by atoms with van der Waals surface area (Å²) in [5.74, 6) is 0. The molecule has 0 bridgehead atoms. The first-order valence-corrected chi connectivity index (χ1v) is 2.87. The van der Waals surface area contributed by atoms with Crippen molar-refractivity contribution in [3.05, 3.63) is 12.2 Å². The maximum atomic E-state index is 3.81. The predicted octanol–water partition coefficient (Wildman–Crippen LogP) is 0.677. The molecular formula is C6H14N2. The molecule has 48 valence electrons. The van der Waals surface area contributed by atoms with E-state index in [4.69, 9.17) is 0 Å². The molecule has 0 saturated heterocycles. The summed E-state index contributed by atoms with van der Waals surface area (Å²) in [6.45, 7) is 6.77. The van der Waals surface area contributed by atoms with Crippen molar-refractivity contribution >= 4 is 0 Å². The quantitative estimate of drug-likeness (QED) is 0.415. The van der Waals surface area contributed by atoms with Crippen LogP contribution in [0.1, 0.15) is 13.3 Å². The van der Waals surface area contributed by atoms with Crippen LogP contribution in [-0.4, -0.2) is 13.6 Å². The Morgan fingerprint density at radius 1 is 1.62 bits per heavy atom. The van der Waals surface area contributed by atoms with Gasteiger partial charge in [-0.2, -0.15) is 0 Å². The first kappa shape index (κ1) is 7.66. The fraction of sp³-hybridized carbons (Fsp3) is 0.667. The normalized spacial score (nSPS) is 9.25. The molecule has 0 heterocycles. The highest BCUT2D eigenvalue weighted by Gasteiger charge is 1.84. The Balaban J connectivity index is 2.99. The van der Waals surface area contributed by atoms with Crippen molar-refractivity contribution < 1.29 is 0 Å². The second-order valence-electron chi connectivity index (χ2n) is 1.71. The van der Waals surface area contributed by atoms with Crippen molar-refractivity contribution in [2.45, 2.75) is 13.3 Å². The van der Waals surface area contributed by atoms with E-state index in [2.05, 4.69) is 24.4 Å². The van der Waals surface area contributed by atoms with Crippen LogP contribution >= 0.6 is 0 Å². The number of hydrogen-bond donors (Lipinski definition) is 2. The molecule has 2 nitrogen and oxygen atoms in total. The third-order valence-corrected chi connectivity index (χ3v) is 1.02. The van der Waals surface area contributed by atoms with E-state index in [-0.39, 0.29) is 0 Å². The van der Waals surface area contributed by atoms with Gasteiger partial charge in [0.25, 0.3) is 0 Å². The van der Waals surface area contributed by atoms with Crippen LogP contribution in [0.2, 0.25) is 0 Å². The highest BCUT2D eigenvalue weighted by atomic mass is 15.3. The van der Waals surface area contributed by atoms with Crippen LogP contribution < -0.4 is 10.9 Å². The van der Waals surface area contributed by atoms with Gasteiger partial charge < -0.3 is 0 Å². The maximum Gasteiger partial charge on any atom is 0.0307 e. The van der Waals surface area contributed by atoms with Crippen LogP contribution in [0, 0.1) is 0 Å². The Morgan fingerprint density at radius 2 is 2.25 bits per heavy atom. The lowest BCUT2D eigenvalue weighted by molar-refractivity contribution is 0.627. The van der Waals surface area contributed by atoms with E-state index >= 15 is 0 Å². The summed E-state index contributed by atoms with van der Waals surface area (Å²) in [6.07, 6.45) is 1.05. The molecule has 0 fully saturated rings. The number of hydrogen-bond acceptors (Lipinski definition) is 2. The lowest BCUT2D eigenvalue weighted by Crippen LogP contribution is -2.28. The fourth-order valence-electron chi connectivity index (χ4n) is 0.338. The molecule has 2 heteroatoms. The zero-order chi connectivity index (χ0) is 6.41. The van der Waals surface area contributed by atoms with E-state index in [0.717, 1.165) is 13.0 Å². The van der Waals surface area contributed by atoms with Crippen LogP contribution in [0.4, 0.5) is 0 Å². The molecule has 0 aromatic carbocycles. The molecule has 2 N–H and O–H groups in total. The van der Waals surface area contributed by atoms with Crippen molar-refractivity contribution in [2.24, 2.45) is 0 Å². The van der Waals surface area contributed by atoms with E-state index in [1.807, 2.05) is 7.05 Å². The van der Waals surface area contributed by atoms with Crippen molar-refractivity contribution in [1.82, 2.24) is 10.9 Å². The van der Waals surface area contributed by atoms with Crippen LogP contribution in [0.25, 0.3) is 0 Å². The SMILES string of the molecule is C=C(CC)CNNC. The van der Waals surface area contributed by atoms with Crippen LogP contribution in [-0.2, 0) is 0 Å². The molecule has 0 radical (unpaired) electrons. The van der Waals surface area contributed by atoms with E-state index in [1.165, 1.54) is 5.57 Å². The third kappa shape index (κ3) is 3.84. The van der Waals surface area contributed by atoms with Crippen molar-refractivity contribution in [1.29, 1.82) is 0 Å². The van der Waals surface area contributed by atoms with E-state index < -0.39 is 0 Å². The molecule has 0 aliphatic heterocycles. The predicted molar refractivity (Wildman–Crippen MR) is 36.5 cm³/mol. The van der Waals surface area contributed by atoms with Gasteiger partial charge in [-0.1, -0.05) is 19.1 Å². The first-order valence-electron chi connectivity index (χ1n) is 2.87. The minimum Gasteiger partial charge on any atom is -0.261 e. The number of rotatable bonds is 4. The van der Waals surface area contributed by atoms with Gasteiger partial charge in [0.2, 0.25) is 0 Å². The lowest BCUT2D eigenvalue weighted by atomic mass is 10.2. The summed E-state index contributed by atoms with van der Waals surface area (Å²) in [5.41, 5.74) is 6.99. The van der Waals surface area contributed by atoms with Gasteiger partial charge in [-0.25, -0.2) is 0 Å². The Bertz CT molecular complexity index is 68.9. The van der Waals surface area contributed by atoms with Gasteiger partial charge in [-0.05, 0) is 13.5 Å². The van der Waals surface area contributed by atoms with Gasteiger partial charge in [-0.15, -0.1) is 0 Å². The van der Waals surface area contributed by atoms with Gasteiger partial charge in [0.1, 0.15) is 0 Å². The fourth-order valence-corrected chi connectivity index (χ4v) is 0.338. The summed E-state index contributed by atoms with van der Waals surface area (Å²) in [7, 11) is 1.85. The molecule has 0 aromatic rings. The zero-order valence-corrected chi connectivity index (χ0v) is 5.62. The molecule has 0 aliphatic rings. The molecule has 0 unspecified atom stereocenters. The average Bonchev–Trinajstić information content (AvgIpc) is 1.83. The highest BCUT2D eigenvalue weighted by molar-refractivity contribution is 4.93. The zero-order valence-electron chi connectivity index (χ0n) is 5.62. The number of hydrazine groups is 1. The molecule has 0 atom stereocenters. The Labute approximate surface area is 50.9 Å². The van der Waals surface area contributed by atoms with Gasteiger partial charge in [0.05, 0.1) is 0 Å². The maximum absolute atomic E-state index is 3.81. The topological polar surface area (TPSA) is 24.1 Å². The van der Waals surface area contributed by atoms with E-state index in [0.29, 0.717) is 0 Å². The smallest absolute Gasteiger partial charge is 0.0307 e. The molecule has 0 aromatic heterocycles. The Kier molecular flexibility index (Phi) is 4.61. The standard InChI is InChI=1S/C6H14N2/c1-4-6(2)5-8-7-3/h7-8H,2,4-5H2,1,3H3. The van der Waals surface area contributed by atoms with Crippen LogP contribution in [0.5, 0.6) is 0 Å². The monoisotopic (exact) mass is 114 g/mol. The largest absolute Gasteiger partial charge is 0.261 e. The minimum atomic E-state index is 0.868. The molecule has 8 heavy (non-hydrogen) atoms. The van der Waals surface area contributed by atoms with Gasteiger partial charge in [0, 0.05) is 6.54 Å². The Hall–Kier alpha value is -0.340. The summed E-state index contributed by atoms with van der Waals surface area (Å²) in [5, 5.41) is 0. The molecule has 0 spiro atoms. The van der Waals surface area contributed by atoms with Crippen molar-refractivity contribution in [3.8, 4) is 0 Å². The van der Waals surface area contributed by atoms with Gasteiger partial charge >= 0.3 is 0 Å². The third-order valence-electron chi connectivity index (χ3n) is 1.02. The Morgan fingerprint density at radius 3 is 2.62 bits per heavy atom. The lowest BCUT2D eigenvalue weighted by Gasteiger charge is -2.01.